The van der Waals surface area contributed by atoms with Gasteiger partial charge in [0.25, 0.3) is 0 Å². The molecule has 0 atom stereocenters. The van der Waals surface area contributed by atoms with Gasteiger partial charge < -0.3 is 15.5 Å². The molecule has 0 aromatic carbocycles. The van der Waals surface area contributed by atoms with Gasteiger partial charge >= 0.3 is 0 Å². The quantitative estimate of drug-likeness (QED) is 0.728. The van der Waals surface area contributed by atoms with E-state index in [2.05, 4.69) is 53.2 Å². The molecule has 20 heavy (non-hydrogen) atoms. The Bertz CT molecular complexity index is 392. The van der Waals surface area contributed by atoms with Crippen LogP contribution in [0.25, 0.3) is 0 Å². The zero-order chi connectivity index (χ0) is 15.0. The second-order valence-corrected chi connectivity index (χ2v) is 5.25. The molecule has 2 N–H and O–H groups in total. The summed E-state index contributed by atoms with van der Waals surface area (Å²) in [6.07, 6.45) is 2.81. The number of aromatic nitrogens is 2. The highest BCUT2D eigenvalue weighted by atomic mass is 15.1. The summed E-state index contributed by atoms with van der Waals surface area (Å²) in [5.74, 6) is 2.25. The lowest BCUT2D eigenvalue weighted by atomic mass is 10.0. The number of nitrogens with zero attached hydrogens (tertiary/aromatic N) is 3. The summed E-state index contributed by atoms with van der Waals surface area (Å²) in [6.45, 7) is 13.0. The van der Waals surface area contributed by atoms with Gasteiger partial charge in [0.1, 0.15) is 18.0 Å². The molecule has 1 aromatic rings. The van der Waals surface area contributed by atoms with Crippen LogP contribution in [0.4, 0.5) is 11.6 Å². The van der Waals surface area contributed by atoms with Gasteiger partial charge in [-0.2, -0.15) is 0 Å². The van der Waals surface area contributed by atoms with Crippen molar-refractivity contribution in [1.29, 1.82) is 0 Å². The molecule has 0 bridgehead atoms. The van der Waals surface area contributed by atoms with E-state index < -0.39 is 0 Å². The van der Waals surface area contributed by atoms with E-state index in [9.17, 15) is 0 Å². The molecule has 114 valence electrons. The van der Waals surface area contributed by atoms with Crippen LogP contribution in [0, 0.1) is 0 Å². The van der Waals surface area contributed by atoms with Crippen molar-refractivity contribution < 1.29 is 0 Å². The molecule has 0 aliphatic carbocycles. The number of rotatable bonds is 9. The first-order valence-corrected chi connectivity index (χ1v) is 7.62. The smallest absolute Gasteiger partial charge is 0.135 e. The maximum absolute atomic E-state index is 4.40. The van der Waals surface area contributed by atoms with E-state index in [1.807, 2.05) is 7.05 Å². The summed E-state index contributed by atoms with van der Waals surface area (Å²) >= 11 is 0. The average molecular weight is 279 g/mol. The second-order valence-electron chi connectivity index (χ2n) is 5.25. The van der Waals surface area contributed by atoms with Gasteiger partial charge in [-0.25, -0.2) is 9.97 Å². The lowest BCUT2D eigenvalue weighted by Crippen LogP contribution is -2.30. The Labute approximate surface area is 123 Å². The van der Waals surface area contributed by atoms with Gasteiger partial charge in [0.15, 0.2) is 0 Å². The predicted molar refractivity (Wildman–Crippen MR) is 86.6 cm³/mol. The van der Waals surface area contributed by atoms with Gasteiger partial charge in [0.2, 0.25) is 0 Å². The van der Waals surface area contributed by atoms with Gasteiger partial charge in [0, 0.05) is 25.7 Å². The van der Waals surface area contributed by atoms with E-state index in [1.165, 1.54) is 6.42 Å². The summed E-state index contributed by atoms with van der Waals surface area (Å²) in [6, 6.07) is 0. The number of hydrogen-bond acceptors (Lipinski definition) is 5. The molecule has 0 saturated heterocycles. The van der Waals surface area contributed by atoms with Crippen LogP contribution >= 0.6 is 0 Å². The Morgan fingerprint density at radius 1 is 1.15 bits per heavy atom. The van der Waals surface area contributed by atoms with E-state index in [4.69, 9.17) is 0 Å². The average Bonchev–Trinajstić information content (AvgIpc) is 2.45. The Kier molecular flexibility index (Phi) is 7.30. The molecule has 1 aromatic heterocycles. The summed E-state index contributed by atoms with van der Waals surface area (Å²) in [4.78, 5) is 11.1. The van der Waals surface area contributed by atoms with Crippen LogP contribution < -0.4 is 10.6 Å². The van der Waals surface area contributed by atoms with Gasteiger partial charge in [-0.05, 0) is 25.4 Å². The maximum Gasteiger partial charge on any atom is 0.135 e. The van der Waals surface area contributed by atoms with Crippen LogP contribution in [-0.4, -0.2) is 48.1 Å². The number of hydrogen-bond donors (Lipinski definition) is 2. The van der Waals surface area contributed by atoms with Crippen molar-refractivity contribution in [3.8, 4) is 0 Å². The Morgan fingerprint density at radius 2 is 1.85 bits per heavy atom. The van der Waals surface area contributed by atoms with Crippen LogP contribution in [0.2, 0.25) is 0 Å². The fraction of sp³-hybridized carbons (Fsp3) is 0.733. The van der Waals surface area contributed by atoms with Crippen molar-refractivity contribution >= 4 is 11.6 Å². The molecule has 1 heterocycles. The fourth-order valence-electron chi connectivity index (χ4n) is 2.36. The van der Waals surface area contributed by atoms with E-state index in [1.54, 1.807) is 6.33 Å². The van der Waals surface area contributed by atoms with E-state index in [0.717, 1.165) is 43.4 Å². The molecular weight excluding hydrogens is 250 g/mol. The Balaban J connectivity index is 2.68. The molecule has 1 rings (SSSR count). The first-order chi connectivity index (χ1) is 9.63. The first kappa shape index (κ1) is 16.7. The van der Waals surface area contributed by atoms with E-state index in [0.29, 0.717) is 5.92 Å². The molecule has 0 spiro atoms. The minimum absolute atomic E-state index is 0.388. The van der Waals surface area contributed by atoms with Crippen LogP contribution in [0.1, 0.15) is 45.6 Å². The van der Waals surface area contributed by atoms with Crippen molar-refractivity contribution in [3.05, 3.63) is 11.9 Å². The summed E-state index contributed by atoms with van der Waals surface area (Å²) < 4.78 is 0. The van der Waals surface area contributed by atoms with Crippen molar-refractivity contribution in [2.24, 2.45) is 0 Å². The number of anilines is 2. The molecule has 0 unspecified atom stereocenters. The van der Waals surface area contributed by atoms with Crippen molar-refractivity contribution in [2.45, 2.75) is 40.0 Å². The molecular formula is C15H29N5. The number of likely N-dealkylation sites (N-methyl/N-ethyl adjacent to an activating group) is 1. The van der Waals surface area contributed by atoms with E-state index >= 15 is 0 Å². The van der Waals surface area contributed by atoms with Crippen molar-refractivity contribution in [3.63, 3.8) is 0 Å². The zero-order valence-corrected chi connectivity index (χ0v) is 13.5. The van der Waals surface area contributed by atoms with Crippen LogP contribution in [-0.2, 0) is 0 Å². The van der Waals surface area contributed by atoms with Crippen LogP contribution in [0.15, 0.2) is 6.33 Å². The summed E-state index contributed by atoms with van der Waals surface area (Å²) in [7, 11) is 1.90. The molecule has 0 saturated carbocycles. The largest absolute Gasteiger partial charge is 0.373 e. The fourth-order valence-corrected chi connectivity index (χ4v) is 2.36. The predicted octanol–water partition coefficient (Wildman–Crippen LogP) is 2.79. The highest BCUT2D eigenvalue weighted by Gasteiger charge is 2.13. The summed E-state index contributed by atoms with van der Waals surface area (Å²) in [5, 5.41) is 6.61. The third kappa shape index (κ3) is 4.63. The molecule has 0 aliphatic rings. The van der Waals surface area contributed by atoms with Crippen LogP contribution in [0.3, 0.4) is 0 Å². The molecule has 0 amide bonds. The van der Waals surface area contributed by atoms with Crippen molar-refractivity contribution in [1.82, 2.24) is 14.9 Å². The van der Waals surface area contributed by atoms with Crippen LogP contribution in [0.5, 0.6) is 0 Å². The molecule has 0 radical (unpaired) electrons. The third-order valence-electron chi connectivity index (χ3n) is 3.41. The topological polar surface area (TPSA) is 53.1 Å². The molecule has 0 aliphatic heterocycles. The minimum atomic E-state index is 0.388. The summed E-state index contributed by atoms with van der Waals surface area (Å²) in [5.41, 5.74) is 1.16. The molecule has 0 fully saturated rings. The normalized spacial score (nSPS) is 11.2. The Morgan fingerprint density at radius 3 is 2.40 bits per heavy atom. The maximum atomic E-state index is 4.40. The lowest BCUT2D eigenvalue weighted by Gasteiger charge is -2.21. The lowest BCUT2D eigenvalue weighted by molar-refractivity contribution is 0.300. The first-order valence-electron chi connectivity index (χ1n) is 7.62. The van der Waals surface area contributed by atoms with E-state index in [-0.39, 0.29) is 0 Å². The standard InChI is InChI=1S/C15H29N5/c1-6-9-20(7-2)10-8-17-15-13(12(3)4)14(16-5)18-11-19-15/h11-12H,6-10H2,1-5H3,(H2,16,17,18,19). The third-order valence-corrected chi connectivity index (χ3v) is 3.41. The highest BCUT2D eigenvalue weighted by Crippen LogP contribution is 2.27. The second kappa shape index (κ2) is 8.74. The molecule has 5 heteroatoms. The van der Waals surface area contributed by atoms with Crippen molar-refractivity contribution in [2.75, 3.05) is 43.9 Å². The van der Waals surface area contributed by atoms with Gasteiger partial charge in [0.05, 0.1) is 0 Å². The van der Waals surface area contributed by atoms with Gasteiger partial charge in [-0.3, -0.25) is 0 Å². The zero-order valence-electron chi connectivity index (χ0n) is 13.5. The monoisotopic (exact) mass is 279 g/mol. The van der Waals surface area contributed by atoms with Gasteiger partial charge in [-0.15, -0.1) is 0 Å². The minimum Gasteiger partial charge on any atom is -0.373 e. The SMILES string of the molecule is CCCN(CC)CCNc1ncnc(NC)c1C(C)C. The molecule has 5 nitrogen and oxygen atoms in total. The highest BCUT2D eigenvalue weighted by molar-refractivity contribution is 5.58. The van der Waals surface area contributed by atoms with Gasteiger partial charge in [-0.1, -0.05) is 27.7 Å². The Hall–Kier alpha value is -1.36. The number of nitrogens with one attached hydrogen (secondary N) is 2.